The number of pyridine rings is 1. The summed E-state index contributed by atoms with van der Waals surface area (Å²) in [6.07, 6.45) is 7.24. The molecule has 0 saturated heterocycles. The van der Waals surface area contributed by atoms with E-state index in [1.165, 1.54) is 28.3 Å². The average molecular weight is 1810 g/mol. The second kappa shape index (κ2) is 41.2. The summed E-state index contributed by atoms with van der Waals surface area (Å²) >= 11 is 0. The molecule has 686 valence electrons. The van der Waals surface area contributed by atoms with Gasteiger partial charge >= 0.3 is 33.0 Å². The summed E-state index contributed by atoms with van der Waals surface area (Å²) in [5, 5.41) is 23.1. The summed E-state index contributed by atoms with van der Waals surface area (Å²) < 4.78 is 94.7. The summed E-state index contributed by atoms with van der Waals surface area (Å²) in [5.74, 6) is 0.644. The number of hydrogen-bond acceptors (Lipinski definition) is 12. The molecule has 0 unspecified atom stereocenters. The zero-order valence-corrected chi connectivity index (χ0v) is 76.8. The number of nitrogens with one attached hydrogen (secondary N) is 4. The van der Waals surface area contributed by atoms with Crippen LogP contribution in [0, 0.1) is 10.1 Å². The monoisotopic (exact) mass is 1810 g/mol. The Labute approximate surface area is 762 Å². The summed E-state index contributed by atoms with van der Waals surface area (Å²) in [5.41, 5.74) is 14.3. The van der Waals surface area contributed by atoms with Crippen LogP contribution in [0.15, 0.2) is 304 Å². The van der Waals surface area contributed by atoms with E-state index in [4.69, 9.17) is 28.4 Å². The summed E-state index contributed by atoms with van der Waals surface area (Å²) in [6, 6.07) is 93.3. The molecule has 0 aliphatic carbocycles. The number of benzene rings is 11. The van der Waals surface area contributed by atoms with Gasteiger partial charge in [0.05, 0.1) is 55.3 Å². The van der Waals surface area contributed by atoms with Gasteiger partial charge in [-0.2, -0.15) is 0 Å². The molecule has 25 heteroatoms. The van der Waals surface area contributed by atoms with Gasteiger partial charge in [0.25, 0.3) is 29.3 Å². The molecule has 0 radical (unpaired) electrons. The molecule has 0 fully saturated rings. The Morgan fingerprint density at radius 1 is 0.359 bits per heavy atom. The van der Waals surface area contributed by atoms with Crippen molar-refractivity contribution in [3.05, 3.63) is 403 Å². The fourth-order valence-electron chi connectivity index (χ4n) is 15.2. The Hall–Kier alpha value is -13.3. The van der Waals surface area contributed by atoms with Crippen LogP contribution in [0.5, 0.6) is 23.0 Å². The van der Waals surface area contributed by atoms with Gasteiger partial charge in [-0.15, -0.1) is 0 Å². The van der Waals surface area contributed by atoms with Crippen molar-refractivity contribution in [1.29, 1.82) is 0 Å². The van der Waals surface area contributed by atoms with Crippen LogP contribution in [0.25, 0.3) is 0 Å². The van der Waals surface area contributed by atoms with Gasteiger partial charge in [0.2, 0.25) is 0 Å². The summed E-state index contributed by atoms with van der Waals surface area (Å²) in [7, 11) is -8.83. The number of nitro benzene ring substituents is 1. The zero-order valence-electron chi connectivity index (χ0n) is 75.9. The SMILES string of the molecule is C[n+]1cc(C(=O)Nc2ccc(C(c3ccccc3)(c3ccc(C(C)(C)C)cc3)c3ccc(C(C)(C)C)cc3)cc2)cc(C(=O)Nc2ccc(C(c3ccccc3)(c3ccc(C(C)(C)C)cc3)c3ccc(C(C)(C)C)cc3)cc2)c1.F[P-](F)(F)(F)(F)F.O=C1NCCOc2ccc(cc2)OCCOC/C=C/COCCOc2ccc(cc2)OCCNC(=O)c2cc1cc([N+](=O)[O-])c2. The van der Waals surface area contributed by atoms with Crippen molar-refractivity contribution < 1.29 is 82.3 Å². The maximum absolute atomic E-state index is 14.2. The molecular formula is C106H113F6N6O12P. The number of nitro groups is 1. The third-order valence-corrected chi connectivity index (χ3v) is 22.0. The van der Waals surface area contributed by atoms with Crippen molar-refractivity contribution in [2.45, 2.75) is 116 Å². The number of non-ortho nitro benzene ring substituents is 1. The molecule has 4 N–H and O–H groups in total. The fraction of sp³-hybridized carbons (Fsp3) is 0.274. The maximum atomic E-state index is 14.2. The van der Waals surface area contributed by atoms with Crippen molar-refractivity contribution in [3.63, 3.8) is 0 Å². The van der Waals surface area contributed by atoms with Crippen LogP contribution in [0.2, 0.25) is 0 Å². The van der Waals surface area contributed by atoms with Crippen molar-refractivity contribution in [2.75, 3.05) is 76.6 Å². The van der Waals surface area contributed by atoms with E-state index in [1.54, 1.807) is 71.6 Å². The molecule has 0 spiro atoms. The predicted molar refractivity (Wildman–Crippen MR) is 505 cm³/mol. The van der Waals surface area contributed by atoms with Gasteiger partial charge in [0, 0.05) is 34.6 Å². The minimum Gasteiger partial charge on any atom is -0.492 e. The van der Waals surface area contributed by atoms with Gasteiger partial charge in [0.15, 0.2) is 12.4 Å². The molecule has 12 aromatic rings. The van der Waals surface area contributed by atoms with Crippen LogP contribution < -0.4 is 44.8 Å². The van der Waals surface area contributed by atoms with Gasteiger partial charge in [-0.1, -0.05) is 277 Å². The Bertz CT molecular complexity index is 5450. The fourth-order valence-corrected chi connectivity index (χ4v) is 15.2. The molecule has 4 amide bonds. The largest absolute Gasteiger partial charge is 0.492 e. The number of carbonyl (C=O) groups is 4. The predicted octanol–water partition coefficient (Wildman–Crippen LogP) is 23.9. The average Bonchev–Trinajstić information content (AvgIpc) is 0.732. The van der Waals surface area contributed by atoms with Crippen LogP contribution in [0.3, 0.4) is 0 Å². The van der Waals surface area contributed by atoms with E-state index in [0.29, 0.717) is 85.1 Å². The summed E-state index contributed by atoms with van der Waals surface area (Å²) in [4.78, 5) is 64.8. The topological polar surface area (TPSA) is 219 Å². The van der Waals surface area contributed by atoms with Crippen molar-refractivity contribution >= 4 is 48.5 Å². The third kappa shape index (κ3) is 27.6. The Balaban J connectivity index is 0.000000268. The van der Waals surface area contributed by atoms with Gasteiger partial charge in [-0.3, -0.25) is 29.3 Å². The molecule has 4 aliphatic heterocycles. The van der Waals surface area contributed by atoms with Gasteiger partial charge in [-0.25, -0.2) is 4.57 Å². The van der Waals surface area contributed by atoms with E-state index in [9.17, 15) is 54.5 Å². The van der Waals surface area contributed by atoms with E-state index < -0.39 is 35.4 Å². The number of aromatic nitrogens is 1. The quantitative estimate of drug-likeness (QED) is 0.0161. The Morgan fingerprint density at radius 2 is 0.611 bits per heavy atom. The van der Waals surface area contributed by atoms with Gasteiger partial charge in [0.1, 0.15) is 67.6 Å². The first-order chi connectivity index (χ1) is 61.8. The molecule has 0 saturated carbocycles. The van der Waals surface area contributed by atoms with Crippen LogP contribution in [-0.2, 0) is 49.0 Å². The van der Waals surface area contributed by atoms with Crippen LogP contribution in [-0.4, -0.2) is 94.5 Å². The number of halogens is 6. The van der Waals surface area contributed by atoms with Gasteiger partial charge < -0.3 is 49.7 Å². The number of ether oxygens (including phenoxy) is 6. The van der Waals surface area contributed by atoms with Crippen LogP contribution in [0.1, 0.15) is 191 Å². The minimum absolute atomic E-state index is 0.00644. The number of amides is 4. The normalized spacial score (nSPS) is 14.6. The first-order valence-corrected chi connectivity index (χ1v) is 45.2. The van der Waals surface area contributed by atoms with Gasteiger partial charge in [-0.05, 0) is 173 Å². The molecular weight excluding hydrogens is 1690 g/mol. The number of anilines is 2. The Kier molecular flexibility index (Phi) is 30.9. The molecule has 4 aliphatic rings. The van der Waals surface area contributed by atoms with Crippen LogP contribution >= 0.6 is 7.81 Å². The minimum atomic E-state index is -10.7. The van der Waals surface area contributed by atoms with E-state index in [2.05, 4.69) is 286 Å². The molecule has 16 rings (SSSR count). The number of rotatable bonds is 13. The number of aryl methyl sites for hydroxylation is 1. The van der Waals surface area contributed by atoms with E-state index in [-0.39, 0.29) is 76.6 Å². The molecule has 131 heavy (non-hydrogen) atoms. The summed E-state index contributed by atoms with van der Waals surface area (Å²) in [6.45, 7) is 29.9. The van der Waals surface area contributed by atoms with Crippen molar-refractivity contribution in [1.82, 2.24) is 10.6 Å². The molecule has 6 bridgehead atoms. The second-order valence-electron chi connectivity index (χ2n) is 36.0. The smallest absolute Gasteiger partial charge is 0.271 e. The van der Waals surface area contributed by atoms with E-state index in [0.717, 1.165) is 56.6 Å². The van der Waals surface area contributed by atoms with Crippen LogP contribution in [0.4, 0.5) is 42.2 Å². The first kappa shape index (κ1) is 98.3. The molecule has 5 heterocycles. The Morgan fingerprint density at radius 3 is 0.878 bits per heavy atom. The number of nitrogens with zero attached hydrogens (tertiary/aromatic N) is 2. The van der Waals surface area contributed by atoms with E-state index >= 15 is 0 Å². The van der Waals surface area contributed by atoms with Crippen molar-refractivity contribution in [2.24, 2.45) is 7.05 Å². The van der Waals surface area contributed by atoms with E-state index in [1.807, 2.05) is 43.5 Å². The molecule has 1 aromatic heterocycles. The molecule has 18 nitrogen and oxygen atoms in total. The number of carbonyl (C=O) groups excluding carboxylic acids is 4. The maximum Gasteiger partial charge on any atom is 0.271 e. The van der Waals surface area contributed by atoms with Crippen molar-refractivity contribution in [3.8, 4) is 23.0 Å². The third-order valence-electron chi connectivity index (χ3n) is 22.0. The number of hydrogen-bond donors (Lipinski definition) is 4. The second-order valence-corrected chi connectivity index (χ2v) is 38.0. The standard InChI is InChI=1S/C74H77N3O2.C32H35N3O10.F6P/c1-69(2,3)53-24-32-59(33-25-53)73(57-20-16-14-17-21-57,60-34-26-54(27-35-60)70(4,5)6)63-40-44-65(45-41-63)75-67(78)51-48-52(50-77(13)49-51)68(79)76-66-46-42-64(43-47-66)74(58-22-18-15-19-23-58,61-36-28-55(29-37-61)71(7,8)9)62-38-30-56(31-39-62)72(10,11)12;36-31-24-21-25(23-26(22-24)35(38)39)32(37)34-12-16-43-28-5-9-30(10-6-28)45-20-18-41-14-2-1-13-40-17-19-44-29-7-3-27(4-8-29)42-15-11-33-31;1-7(2,3,4,5)6/h14-50H,1-13H3,(H-,75,76,78,79);1-10,21-23H,11-20H2,(H,33,36)(H,34,37);/q;;-1/p+1/b;2-1+;. The first-order valence-electron chi connectivity index (χ1n) is 43.1. The molecule has 11 aromatic carbocycles. The molecule has 0 atom stereocenters. The zero-order chi connectivity index (χ0) is 94.6.